The normalized spacial score (nSPS) is 14.8. The SMILES string of the molecule is COCCCOC1CN(C(=O)c2cnc(C(=O)O)cn2)C1. The Morgan fingerprint density at radius 3 is 2.52 bits per heavy atom. The zero-order valence-corrected chi connectivity index (χ0v) is 11.7. The molecule has 1 aromatic rings. The van der Waals surface area contributed by atoms with Gasteiger partial charge in [0.1, 0.15) is 5.69 Å². The Hall–Kier alpha value is -2.06. The van der Waals surface area contributed by atoms with E-state index in [9.17, 15) is 9.59 Å². The first-order valence-corrected chi connectivity index (χ1v) is 6.57. The molecule has 0 spiro atoms. The molecular formula is C13H17N3O5. The van der Waals surface area contributed by atoms with Crippen molar-refractivity contribution in [2.24, 2.45) is 0 Å². The fraction of sp³-hybridized carbons (Fsp3) is 0.538. The predicted octanol–water partition coefficient (Wildman–Crippen LogP) is 0.0523. The van der Waals surface area contributed by atoms with E-state index < -0.39 is 5.97 Å². The lowest BCUT2D eigenvalue weighted by atomic mass is 10.1. The maximum Gasteiger partial charge on any atom is 0.356 e. The van der Waals surface area contributed by atoms with Gasteiger partial charge < -0.3 is 19.5 Å². The summed E-state index contributed by atoms with van der Waals surface area (Å²) in [6, 6.07) is 0. The van der Waals surface area contributed by atoms with Gasteiger partial charge in [0.15, 0.2) is 5.69 Å². The lowest BCUT2D eigenvalue weighted by Crippen LogP contribution is -2.55. The summed E-state index contributed by atoms with van der Waals surface area (Å²) in [5.74, 6) is -1.44. The van der Waals surface area contributed by atoms with E-state index in [1.807, 2.05) is 0 Å². The highest BCUT2D eigenvalue weighted by Gasteiger charge is 2.32. The molecule has 114 valence electrons. The van der Waals surface area contributed by atoms with Crippen molar-refractivity contribution in [2.75, 3.05) is 33.4 Å². The molecule has 0 aliphatic carbocycles. The second kappa shape index (κ2) is 7.09. The number of aromatic carboxylic acids is 1. The highest BCUT2D eigenvalue weighted by molar-refractivity contribution is 5.93. The van der Waals surface area contributed by atoms with Crippen LogP contribution < -0.4 is 0 Å². The molecule has 21 heavy (non-hydrogen) atoms. The first kappa shape index (κ1) is 15.3. The fourth-order valence-electron chi connectivity index (χ4n) is 1.87. The molecule has 0 saturated carbocycles. The highest BCUT2D eigenvalue weighted by atomic mass is 16.5. The van der Waals surface area contributed by atoms with Crippen LogP contribution >= 0.6 is 0 Å². The Bertz CT molecular complexity index is 499. The van der Waals surface area contributed by atoms with Crippen molar-refractivity contribution < 1.29 is 24.2 Å². The van der Waals surface area contributed by atoms with Crippen molar-refractivity contribution in [1.82, 2.24) is 14.9 Å². The van der Waals surface area contributed by atoms with E-state index in [4.69, 9.17) is 14.6 Å². The summed E-state index contributed by atoms with van der Waals surface area (Å²) in [5.41, 5.74) is -0.0488. The number of hydrogen-bond acceptors (Lipinski definition) is 6. The van der Waals surface area contributed by atoms with Gasteiger partial charge in [-0.2, -0.15) is 0 Å². The average molecular weight is 295 g/mol. The number of nitrogens with zero attached hydrogens (tertiary/aromatic N) is 3. The molecule has 2 heterocycles. The number of carbonyl (C=O) groups is 2. The van der Waals surface area contributed by atoms with Gasteiger partial charge in [-0.25, -0.2) is 14.8 Å². The molecule has 1 fully saturated rings. The van der Waals surface area contributed by atoms with Crippen molar-refractivity contribution in [3.8, 4) is 0 Å². The molecule has 1 aliphatic rings. The van der Waals surface area contributed by atoms with E-state index in [0.29, 0.717) is 26.3 Å². The number of amides is 1. The van der Waals surface area contributed by atoms with E-state index in [2.05, 4.69) is 9.97 Å². The molecule has 0 aromatic carbocycles. The Balaban J connectivity index is 1.77. The zero-order valence-electron chi connectivity index (χ0n) is 11.7. The lowest BCUT2D eigenvalue weighted by molar-refractivity contribution is -0.0466. The third-order valence-corrected chi connectivity index (χ3v) is 3.07. The standard InChI is InChI=1S/C13H17N3O5/c1-20-3-2-4-21-9-7-16(8-9)12(17)10-5-15-11(6-14-10)13(18)19/h5-6,9H,2-4,7-8H2,1H3,(H,18,19). The molecule has 8 heteroatoms. The Kier molecular flexibility index (Phi) is 5.18. The van der Waals surface area contributed by atoms with Gasteiger partial charge in [0.2, 0.25) is 0 Å². The highest BCUT2D eigenvalue weighted by Crippen LogP contribution is 2.15. The predicted molar refractivity (Wildman–Crippen MR) is 71.1 cm³/mol. The second-order valence-corrected chi connectivity index (χ2v) is 4.64. The molecule has 1 N–H and O–H groups in total. The van der Waals surface area contributed by atoms with Gasteiger partial charge in [0, 0.05) is 33.4 Å². The van der Waals surface area contributed by atoms with Crippen molar-refractivity contribution >= 4 is 11.9 Å². The quantitative estimate of drug-likeness (QED) is 0.709. The molecule has 0 unspecified atom stereocenters. The summed E-state index contributed by atoms with van der Waals surface area (Å²) in [7, 11) is 1.64. The molecule has 0 atom stereocenters. The van der Waals surface area contributed by atoms with E-state index in [-0.39, 0.29) is 23.4 Å². The lowest BCUT2D eigenvalue weighted by Gasteiger charge is -2.38. The topological polar surface area (TPSA) is 102 Å². The van der Waals surface area contributed by atoms with Gasteiger partial charge in [-0.3, -0.25) is 4.79 Å². The second-order valence-electron chi connectivity index (χ2n) is 4.64. The minimum absolute atomic E-state index is 0.0389. The largest absolute Gasteiger partial charge is 0.476 e. The Morgan fingerprint density at radius 1 is 1.29 bits per heavy atom. The molecular weight excluding hydrogens is 278 g/mol. The maximum absolute atomic E-state index is 12.0. The number of methoxy groups -OCH3 is 1. The van der Waals surface area contributed by atoms with E-state index >= 15 is 0 Å². The van der Waals surface area contributed by atoms with Crippen molar-refractivity contribution in [1.29, 1.82) is 0 Å². The third-order valence-electron chi connectivity index (χ3n) is 3.07. The van der Waals surface area contributed by atoms with Gasteiger partial charge in [-0.1, -0.05) is 0 Å². The monoisotopic (exact) mass is 295 g/mol. The summed E-state index contributed by atoms with van der Waals surface area (Å²) < 4.78 is 10.5. The molecule has 1 amide bonds. The third kappa shape index (κ3) is 3.96. The minimum atomic E-state index is -1.17. The maximum atomic E-state index is 12.0. The van der Waals surface area contributed by atoms with Crippen LogP contribution in [-0.4, -0.2) is 71.4 Å². The molecule has 0 radical (unpaired) electrons. The minimum Gasteiger partial charge on any atom is -0.476 e. The van der Waals surface area contributed by atoms with E-state index in [1.54, 1.807) is 12.0 Å². The molecule has 8 nitrogen and oxygen atoms in total. The van der Waals surface area contributed by atoms with Crippen molar-refractivity contribution in [2.45, 2.75) is 12.5 Å². The van der Waals surface area contributed by atoms with E-state index in [0.717, 1.165) is 12.6 Å². The van der Waals surface area contributed by atoms with Crippen LogP contribution in [0.15, 0.2) is 12.4 Å². The Morgan fingerprint density at radius 2 is 1.95 bits per heavy atom. The van der Waals surface area contributed by atoms with Crippen LogP contribution in [0, 0.1) is 0 Å². The van der Waals surface area contributed by atoms with Crippen molar-refractivity contribution in [3.05, 3.63) is 23.8 Å². The average Bonchev–Trinajstić information content (AvgIpc) is 2.44. The summed E-state index contributed by atoms with van der Waals surface area (Å²) in [5, 5.41) is 8.71. The first-order chi connectivity index (χ1) is 10.1. The molecule has 1 aliphatic heterocycles. The molecule has 0 bridgehead atoms. The van der Waals surface area contributed by atoms with Crippen LogP contribution in [-0.2, 0) is 9.47 Å². The first-order valence-electron chi connectivity index (χ1n) is 6.57. The zero-order chi connectivity index (χ0) is 15.2. The van der Waals surface area contributed by atoms with Gasteiger partial charge in [-0.05, 0) is 6.42 Å². The smallest absolute Gasteiger partial charge is 0.356 e. The Labute approximate surface area is 121 Å². The molecule has 1 aromatic heterocycles. The summed E-state index contributed by atoms with van der Waals surface area (Å²) in [4.78, 5) is 31.8. The summed E-state index contributed by atoms with van der Waals surface area (Å²) >= 11 is 0. The number of carboxylic acid groups (broad SMARTS) is 1. The van der Waals surface area contributed by atoms with Crippen LogP contribution in [0.3, 0.4) is 0 Å². The number of hydrogen-bond donors (Lipinski definition) is 1. The number of aromatic nitrogens is 2. The fourth-order valence-corrected chi connectivity index (χ4v) is 1.87. The molecule has 2 rings (SSSR count). The number of ether oxygens (including phenoxy) is 2. The van der Waals surface area contributed by atoms with Gasteiger partial charge in [0.05, 0.1) is 18.5 Å². The van der Waals surface area contributed by atoms with Gasteiger partial charge >= 0.3 is 5.97 Å². The van der Waals surface area contributed by atoms with E-state index in [1.165, 1.54) is 6.20 Å². The number of carboxylic acids is 1. The molecule has 1 saturated heterocycles. The van der Waals surface area contributed by atoms with Crippen LogP contribution in [0.25, 0.3) is 0 Å². The van der Waals surface area contributed by atoms with Gasteiger partial charge in [-0.15, -0.1) is 0 Å². The van der Waals surface area contributed by atoms with Crippen molar-refractivity contribution in [3.63, 3.8) is 0 Å². The number of rotatable bonds is 7. The summed E-state index contributed by atoms with van der Waals surface area (Å²) in [6.45, 7) is 2.27. The van der Waals surface area contributed by atoms with Crippen LogP contribution in [0.5, 0.6) is 0 Å². The van der Waals surface area contributed by atoms with Crippen LogP contribution in [0.4, 0.5) is 0 Å². The van der Waals surface area contributed by atoms with Crippen LogP contribution in [0.1, 0.15) is 27.4 Å². The van der Waals surface area contributed by atoms with Gasteiger partial charge in [0.25, 0.3) is 5.91 Å². The van der Waals surface area contributed by atoms with Crippen LogP contribution in [0.2, 0.25) is 0 Å². The number of likely N-dealkylation sites (tertiary alicyclic amines) is 1. The summed E-state index contributed by atoms with van der Waals surface area (Å²) in [6.07, 6.45) is 3.12. The number of carbonyl (C=O) groups excluding carboxylic acids is 1.